The molecule has 4 heteroatoms. The van der Waals surface area contributed by atoms with Crippen LogP contribution in [0.25, 0.3) is 60.7 Å². The monoisotopic (exact) mass is 577 g/mol. The minimum absolute atomic E-state index is 0.642. The van der Waals surface area contributed by atoms with Crippen LogP contribution in [0.4, 0.5) is 17.1 Å². The fraction of sp³-hybridized carbons (Fsp3) is 0. The van der Waals surface area contributed by atoms with Gasteiger partial charge in [-0.3, -0.25) is 0 Å². The molecule has 0 aliphatic carbocycles. The van der Waals surface area contributed by atoms with Crippen LogP contribution in [0.3, 0.4) is 0 Å². The Morgan fingerprint density at radius 2 is 1.09 bits per heavy atom. The molecule has 6 aromatic carbocycles. The number of rotatable bonds is 5. The number of anilines is 3. The van der Waals surface area contributed by atoms with Crippen molar-refractivity contribution < 1.29 is 4.42 Å². The van der Waals surface area contributed by atoms with Crippen molar-refractivity contribution in [2.45, 2.75) is 0 Å². The Morgan fingerprint density at radius 1 is 0.467 bits per heavy atom. The van der Waals surface area contributed by atoms with Crippen molar-refractivity contribution in [3.8, 4) is 16.8 Å². The Morgan fingerprint density at radius 3 is 1.87 bits per heavy atom. The molecule has 0 atom stereocenters. The quantitative estimate of drug-likeness (QED) is 0.204. The second kappa shape index (κ2) is 10.2. The maximum Gasteiger partial charge on any atom is 0.227 e. The summed E-state index contributed by atoms with van der Waals surface area (Å²) in [5.74, 6) is 0. The molecule has 0 bridgehead atoms. The summed E-state index contributed by atoms with van der Waals surface area (Å²) in [6.07, 6.45) is 1.90. The fourth-order valence-electron chi connectivity index (χ4n) is 6.59. The molecule has 0 saturated carbocycles. The van der Waals surface area contributed by atoms with Crippen molar-refractivity contribution in [3.63, 3.8) is 0 Å². The lowest BCUT2D eigenvalue weighted by atomic mass is 10.0. The van der Waals surface area contributed by atoms with Crippen molar-refractivity contribution in [3.05, 3.63) is 164 Å². The number of hydrogen-bond donors (Lipinski definition) is 0. The predicted octanol–water partition coefficient (Wildman–Crippen LogP) is 11.2. The minimum Gasteiger partial charge on any atom is -0.438 e. The average Bonchev–Trinajstić information content (AvgIpc) is 3.65. The smallest absolute Gasteiger partial charge is 0.227 e. The summed E-state index contributed by atoms with van der Waals surface area (Å²) in [6.45, 7) is 0. The molecule has 0 N–H and O–H groups in total. The number of furan rings is 1. The summed E-state index contributed by atoms with van der Waals surface area (Å²) in [5.41, 5.74) is 10.4. The molecule has 9 rings (SSSR count). The van der Waals surface area contributed by atoms with Crippen LogP contribution in [0, 0.1) is 0 Å². The van der Waals surface area contributed by atoms with Gasteiger partial charge in [0.05, 0.1) is 28.3 Å². The van der Waals surface area contributed by atoms with Crippen LogP contribution in [0.5, 0.6) is 0 Å². The van der Waals surface area contributed by atoms with E-state index in [0.29, 0.717) is 5.71 Å². The highest BCUT2D eigenvalue weighted by molar-refractivity contribution is 6.09. The van der Waals surface area contributed by atoms with E-state index < -0.39 is 0 Å². The average molecular weight is 578 g/mol. The fourth-order valence-corrected chi connectivity index (χ4v) is 6.59. The highest BCUT2D eigenvalue weighted by Crippen LogP contribution is 2.39. The zero-order chi connectivity index (χ0) is 29.7. The second-order valence-corrected chi connectivity index (χ2v) is 11.3. The molecule has 3 aromatic heterocycles. The first kappa shape index (κ1) is 25.4. The molecular weight excluding hydrogens is 550 g/mol. The molecule has 9 aromatic rings. The van der Waals surface area contributed by atoms with Crippen LogP contribution in [-0.2, 0) is 0 Å². The molecule has 0 spiro atoms. The Balaban J connectivity index is 1.18. The first-order valence-electron chi connectivity index (χ1n) is 15.1. The van der Waals surface area contributed by atoms with Gasteiger partial charge in [-0.2, -0.15) is 0 Å². The molecule has 0 aliphatic rings. The molecule has 0 amide bonds. The summed E-state index contributed by atoms with van der Waals surface area (Å²) in [6, 6.07) is 55.6. The van der Waals surface area contributed by atoms with Crippen LogP contribution in [0.1, 0.15) is 0 Å². The lowest BCUT2D eigenvalue weighted by Crippen LogP contribution is -2.10. The third-order valence-corrected chi connectivity index (χ3v) is 8.62. The third-order valence-electron chi connectivity index (χ3n) is 8.62. The van der Waals surface area contributed by atoms with Crippen molar-refractivity contribution in [1.82, 2.24) is 9.55 Å². The molecule has 0 aliphatic heterocycles. The van der Waals surface area contributed by atoms with Gasteiger partial charge in [0.1, 0.15) is 5.58 Å². The Labute approximate surface area is 260 Å². The summed E-state index contributed by atoms with van der Waals surface area (Å²) >= 11 is 0. The van der Waals surface area contributed by atoms with Gasteiger partial charge in [-0.15, -0.1) is 0 Å². The van der Waals surface area contributed by atoms with Crippen LogP contribution in [0.2, 0.25) is 0 Å². The van der Waals surface area contributed by atoms with Crippen molar-refractivity contribution in [2.75, 3.05) is 4.90 Å². The SMILES string of the molecule is c1ccc(N(c2cccc(-c3cccc(-n4c5ccccc5c5ccccc54)c3)c2)c2cnc3oc4ccccc4c3c2)cc1. The van der Waals surface area contributed by atoms with E-state index in [0.717, 1.165) is 50.2 Å². The zero-order valence-corrected chi connectivity index (χ0v) is 24.3. The van der Waals surface area contributed by atoms with E-state index >= 15 is 0 Å². The van der Waals surface area contributed by atoms with E-state index in [9.17, 15) is 0 Å². The summed E-state index contributed by atoms with van der Waals surface area (Å²) in [5, 5.41) is 4.58. The van der Waals surface area contributed by atoms with Crippen LogP contribution < -0.4 is 4.90 Å². The lowest BCUT2D eigenvalue weighted by Gasteiger charge is -2.25. The number of pyridine rings is 1. The topological polar surface area (TPSA) is 34.2 Å². The van der Waals surface area contributed by atoms with Gasteiger partial charge in [-0.25, -0.2) is 4.98 Å². The lowest BCUT2D eigenvalue weighted by molar-refractivity contribution is 0.654. The first-order valence-corrected chi connectivity index (χ1v) is 15.1. The molecule has 0 unspecified atom stereocenters. The first-order chi connectivity index (χ1) is 22.3. The Bertz CT molecular complexity index is 2450. The van der Waals surface area contributed by atoms with E-state index in [1.807, 2.05) is 30.5 Å². The molecule has 0 radical (unpaired) electrons. The normalized spacial score (nSPS) is 11.6. The Kier molecular flexibility index (Phi) is 5.78. The second-order valence-electron chi connectivity index (χ2n) is 11.3. The molecule has 45 heavy (non-hydrogen) atoms. The number of fused-ring (bicyclic) bond motifs is 6. The van der Waals surface area contributed by atoms with Crippen LogP contribution >= 0.6 is 0 Å². The predicted molar refractivity (Wildman–Crippen MR) is 186 cm³/mol. The standard InChI is InChI=1S/C41H27N3O/c1-2-14-30(15-3-1)43(33-26-37-36-20-6-9-23-40(36)45-41(37)42-27-33)31-16-10-12-28(24-31)29-13-11-17-32(25-29)44-38-21-7-4-18-34(38)35-19-5-8-22-39(35)44/h1-27H. The number of aromatic nitrogens is 2. The maximum atomic E-state index is 6.04. The van der Waals surface area contributed by atoms with Crippen molar-refractivity contribution in [1.29, 1.82) is 0 Å². The van der Waals surface area contributed by atoms with E-state index in [2.05, 4.69) is 143 Å². The van der Waals surface area contributed by atoms with Gasteiger partial charge in [0, 0.05) is 33.2 Å². The summed E-state index contributed by atoms with van der Waals surface area (Å²) in [7, 11) is 0. The number of benzene rings is 6. The van der Waals surface area contributed by atoms with Gasteiger partial charge in [0.25, 0.3) is 0 Å². The van der Waals surface area contributed by atoms with E-state index in [-0.39, 0.29) is 0 Å². The molecule has 0 fully saturated rings. The Hall–Kier alpha value is -6.13. The molecule has 0 saturated heterocycles. The van der Waals surface area contributed by atoms with Gasteiger partial charge in [0.15, 0.2) is 0 Å². The minimum atomic E-state index is 0.642. The highest BCUT2D eigenvalue weighted by Gasteiger charge is 2.17. The molecular formula is C41H27N3O. The summed E-state index contributed by atoms with van der Waals surface area (Å²) < 4.78 is 8.40. The number of nitrogens with zero attached hydrogens (tertiary/aromatic N) is 3. The maximum absolute atomic E-state index is 6.04. The van der Waals surface area contributed by atoms with E-state index in [4.69, 9.17) is 9.40 Å². The molecule has 3 heterocycles. The van der Waals surface area contributed by atoms with Gasteiger partial charge in [-0.1, -0.05) is 97.1 Å². The van der Waals surface area contributed by atoms with Crippen LogP contribution in [-0.4, -0.2) is 9.55 Å². The molecule has 212 valence electrons. The van der Waals surface area contributed by atoms with Crippen molar-refractivity contribution in [2.24, 2.45) is 0 Å². The molecule has 4 nitrogen and oxygen atoms in total. The summed E-state index contributed by atoms with van der Waals surface area (Å²) in [4.78, 5) is 7.01. The van der Waals surface area contributed by atoms with Gasteiger partial charge in [0.2, 0.25) is 5.71 Å². The van der Waals surface area contributed by atoms with E-state index in [1.165, 1.54) is 21.8 Å². The van der Waals surface area contributed by atoms with Crippen molar-refractivity contribution >= 4 is 60.9 Å². The van der Waals surface area contributed by atoms with Crippen LogP contribution in [0.15, 0.2) is 168 Å². The third kappa shape index (κ3) is 4.19. The van der Waals surface area contributed by atoms with Gasteiger partial charge >= 0.3 is 0 Å². The largest absolute Gasteiger partial charge is 0.438 e. The van der Waals surface area contributed by atoms with Gasteiger partial charge < -0.3 is 13.9 Å². The number of hydrogen-bond acceptors (Lipinski definition) is 3. The number of para-hydroxylation sites is 4. The van der Waals surface area contributed by atoms with E-state index in [1.54, 1.807) is 0 Å². The highest BCUT2D eigenvalue weighted by atomic mass is 16.3. The zero-order valence-electron chi connectivity index (χ0n) is 24.3. The van der Waals surface area contributed by atoms with Gasteiger partial charge in [-0.05, 0) is 71.8 Å².